The molecule has 10 nitrogen and oxygen atoms in total. The summed E-state index contributed by atoms with van der Waals surface area (Å²) in [6.07, 6.45) is 7.90. The minimum Gasteiger partial charge on any atom is -0.370 e. The molecule has 0 unspecified atom stereocenters. The molecule has 0 radical (unpaired) electrons. The predicted molar refractivity (Wildman–Crippen MR) is 237 cm³/mol. The van der Waals surface area contributed by atoms with Crippen LogP contribution in [-0.2, 0) is 12.8 Å². The molecule has 1 aliphatic carbocycles. The molecule has 8 rings (SSSR count). The average Bonchev–Trinajstić information content (AvgIpc) is 3.92. The second-order valence-electron chi connectivity index (χ2n) is 14.1. The Labute approximate surface area is 354 Å². The fourth-order valence-electron chi connectivity index (χ4n) is 6.92. The highest BCUT2D eigenvalue weighted by molar-refractivity contribution is 9.11. The molecule has 4 heterocycles. The molecule has 0 atom stereocenters. The van der Waals surface area contributed by atoms with Gasteiger partial charge in [0.05, 0.1) is 32.7 Å². The molecule has 0 saturated heterocycles. The van der Waals surface area contributed by atoms with Crippen LogP contribution in [0.25, 0.3) is 33.8 Å². The molecule has 0 saturated carbocycles. The minimum atomic E-state index is 0.592. The summed E-state index contributed by atoms with van der Waals surface area (Å²) in [5.41, 5.74) is 8.00. The highest BCUT2D eigenvalue weighted by atomic mass is 79.9. The van der Waals surface area contributed by atoms with E-state index in [1.54, 1.807) is 16.9 Å². The Kier molecular flexibility index (Phi) is 13.3. The summed E-state index contributed by atoms with van der Waals surface area (Å²) >= 11 is 19.8. The summed E-state index contributed by atoms with van der Waals surface area (Å²) in [6, 6.07) is 28.9. The minimum absolute atomic E-state index is 0.592. The summed E-state index contributed by atoms with van der Waals surface area (Å²) < 4.78 is 5.35. The zero-order chi connectivity index (χ0) is 39.2. The van der Waals surface area contributed by atoms with Gasteiger partial charge in [-0.15, -0.1) is 0 Å². The van der Waals surface area contributed by atoms with E-state index in [2.05, 4.69) is 108 Å². The standard InChI is InChI=1S/C25H25BrClN5.C17H19BrClN5/c1-31(19-13-17-7-2-3-8-18(17)14-19)12-6-11-28-24-15-23(20-9-4-5-10-22(20)27)30-25-21(26)16-29-32(24)25;1-23(2)9-5-8-20-16-10-15(12-6-3-4-7-14(12)19)22-17-13(18)11-21-24(16)17/h2-5,7-10,15-16,19,28H,6,11-14H2,1H3;3-4,6-7,10-11,20H,5,8-9H2,1-2H3. The van der Waals surface area contributed by atoms with E-state index in [-0.39, 0.29) is 0 Å². The Hall–Kier alpha value is -4.04. The number of halogens is 4. The first-order valence-corrected chi connectivity index (χ1v) is 21.0. The van der Waals surface area contributed by atoms with Gasteiger partial charge < -0.3 is 20.4 Å². The van der Waals surface area contributed by atoms with Crippen LogP contribution in [-0.4, -0.2) is 92.4 Å². The van der Waals surface area contributed by atoms with Crippen LogP contribution in [0.3, 0.4) is 0 Å². The van der Waals surface area contributed by atoms with Crippen molar-refractivity contribution in [3.8, 4) is 22.5 Å². The van der Waals surface area contributed by atoms with Crippen molar-refractivity contribution in [1.82, 2.24) is 39.0 Å². The maximum absolute atomic E-state index is 6.43. The van der Waals surface area contributed by atoms with Gasteiger partial charge in [-0.3, -0.25) is 0 Å². The number of rotatable bonds is 13. The first-order chi connectivity index (χ1) is 27.2. The van der Waals surface area contributed by atoms with Crippen LogP contribution in [0, 0.1) is 0 Å². The molecule has 14 heteroatoms. The summed E-state index contributed by atoms with van der Waals surface area (Å²) in [6.45, 7) is 3.78. The van der Waals surface area contributed by atoms with E-state index >= 15 is 0 Å². The lowest BCUT2D eigenvalue weighted by Gasteiger charge is -2.24. The molecule has 1 aliphatic rings. The Morgan fingerprint density at radius 1 is 0.661 bits per heavy atom. The monoisotopic (exact) mass is 916 g/mol. The maximum Gasteiger partial charge on any atom is 0.172 e. The largest absolute Gasteiger partial charge is 0.370 e. The summed E-state index contributed by atoms with van der Waals surface area (Å²) in [5.74, 6) is 1.81. The van der Waals surface area contributed by atoms with Crippen molar-refractivity contribution in [3.05, 3.63) is 127 Å². The van der Waals surface area contributed by atoms with E-state index in [4.69, 9.17) is 33.2 Å². The van der Waals surface area contributed by atoms with Crippen LogP contribution in [0.15, 0.2) is 106 Å². The number of anilines is 2. The van der Waals surface area contributed by atoms with Crippen molar-refractivity contribution in [2.75, 3.05) is 58.0 Å². The molecule has 0 amide bonds. The van der Waals surface area contributed by atoms with Gasteiger partial charge in [0.2, 0.25) is 0 Å². The SMILES string of the molecule is CN(C)CCCNc1cc(-c2ccccc2Cl)nc2c(Br)cnn12.CN(CCCNc1cc(-c2ccccc2Cl)nc2c(Br)cnn12)C1Cc2ccccc2C1. The molecule has 0 fully saturated rings. The number of nitrogens with one attached hydrogen (secondary N) is 2. The lowest BCUT2D eigenvalue weighted by molar-refractivity contribution is 0.248. The van der Waals surface area contributed by atoms with E-state index in [9.17, 15) is 0 Å². The second kappa shape index (κ2) is 18.5. The summed E-state index contributed by atoms with van der Waals surface area (Å²) in [5, 5.41) is 17.3. The van der Waals surface area contributed by atoms with Crippen molar-refractivity contribution in [3.63, 3.8) is 0 Å². The van der Waals surface area contributed by atoms with Gasteiger partial charge in [0.25, 0.3) is 0 Å². The first kappa shape index (κ1) is 40.2. The number of hydrogen-bond donors (Lipinski definition) is 2. The van der Waals surface area contributed by atoms with E-state index in [0.717, 1.165) is 106 Å². The predicted octanol–water partition coefficient (Wildman–Crippen LogP) is 9.89. The molecule has 3 aromatic carbocycles. The van der Waals surface area contributed by atoms with E-state index in [0.29, 0.717) is 16.1 Å². The molecular formula is C42H44Br2Cl2N10. The Balaban J connectivity index is 0.000000179. The molecule has 56 heavy (non-hydrogen) atoms. The van der Waals surface area contributed by atoms with Crippen molar-refractivity contribution in [1.29, 1.82) is 0 Å². The van der Waals surface area contributed by atoms with Gasteiger partial charge in [-0.05, 0) is 115 Å². The quantitative estimate of drug-likeness (QED) is 0.111. The second-order valence-corrected chi connectivity index (χ2v) is 16.7. The zero-order valence-electron chi connectivity index (χ0n) is 31.6. The molecule has 0 aliphatic heterocycles. The summed E-state index contributed by atoms with van der Waals surface area (Å²) in [4.78, 5) is 14.1. The lowest BCUT2D eigenvalue weighted by Crippen LogP contribution is -2.33. The van der Waals surface area contributed by atoms with Crippen LogP contribution in [0.5, 0.6) is 0 Å². The third kappa shape index (κ3) is 9.39. The number of aromatic nitrogens is 6. The molecule has 4 aromatic heterocycles. The number of nitrogens with zero attached hydrogens (tertiary/aromatic N) is 8. The van der Waals surface area contributed by atoms with Crippen LogP contribution in [0.2, 0.25) is 10.0 Å². The van der Waals surface area contributed by atoms with Crippen molar-refractivity contribution in [2.45, 2.75) is 31.7 Å². The van der Waals surface area contributed by atoms with Gasteiger partial charge in [0.15, 0.2) is 11.3 Å². The number of benzene rings is 3. The number of fused-ring (bicyclic) bond motifs is 3. The Bertz CT molecular complexity index is 2410. The normalized spacial score (nSPS) is 12.7. The third-order valence-electron chi connectivity index (χ3n) is 9.89. The van der Waals surface area contributed by atoms with Crippen LogP contribution < -0.4 is 10.6 Å². The van der Waals surface area contributed by atoms with Gasteiger partial charge in [0, 0.05) is 52.4 Å². The van der Waals surface area contributed by atoms with Crippen molar-refractivity contribution < 1.29 is 0 Å². The lowest BCUT2D eigenvalue weighted by atomic mass is 10.1. The van der Waals surface area contributed by atoms with Crippen LogP contribution in [0.4, 0.5) is 11.6 Å². The van der Waals surface area contributed by atoms with E-state index in [1.807, 2.05) is 65.2 Å². The van der Waals surface area contributed by atoms with Gasteiger partial charge in [-0.2, -0.15) is 19.2 Å². The van der Waals surface area contributed by atoms with Gasteiger partial charge in [0.1, 0.15) is 11.6 Å². The van der Waals surface area contributed by atoms with Crippen molar-refractivity contribution >= 4 is 78.0 Å². The molecule has 2 N–H and O–H groups in total. The van der Waals surface area contributed by atoms with E-state index < -0.39 is 0 Å². The Morgan fingerprint density at radius 3 is 1.57 bits per heavy atom. The summed E-state index contributed by atoms with van der Waals surface area (Å²) in [7, 11) is 6.39. The molecular weight excluding hydrogens is 875 g/mol. The molecule has 290 valence electrons. The van der Waals surface area contributed by atoms with Gasteiger partial charge in [-0.1, -0.05) is 83.9 Å². The fourth-order valence-corrected chi connectivity index (χ4v) is 8.09. The average molecular weight is 920 g/mol. The Morgan fingerprint density at radius 2 is 1.11 bits per heavy atom. The first-order valence-electron chi connectivity index (χ1n) is 18.6. The molecule has 0 bridgehead atoms. The molecule has 0 spiro atoms. The van der Waals surface area contributed by atoms with Crippen LogP contribution >= 0.6 is 55.1 Å². The third-order valence-corrected chi connectivity index (χ3v) is 11.7. The smallest absolute Gasteiger partial charge is 0.172 e. The van der Waals surface area contributed by atoms with Crippen LogP contribution in [0.1, 0.15) is 24.0 Å². The number of hydrogen-bond acceptors (Lipinski definition) is 8. The highest BCUT2D eigenvalue weighted by Gasteiger charge is 2.24. The number of likely N-dealkylation sites (N-methyl/N-ethyl adjacent to an activating group) is 1. The van der Waals surface area contributed by atoms with Gasteiger partial charge >= 0.3 is 0 Å². The van der Waals surface area contributed by atoms with Crippen molar-refractivity contribution in [2.24, 2.45) is 0 Å². The fraction of sp³-hybridized carbons (Fsp3) is 0.286. The van der Waals surface area contributed by atoms with E-state index in [1.165, 1.54) is 11.1 Å². The highest BCUT2D eigenvalue weighted by Crippen LogP contribution is 2.32. The van der Waals surface area contributed by atoms with Gasteiger partial charge in [-0.25, -0.2) is 9.97 Å². The molecule has 7 aromatic rings. The topological polar surface area (TPSA) is 90.9 Å². The maximum atomic E-state index is 6.43. The zero-order valence-corrected chi connectivity index (χ0v) is 36.2.